The number of likely N-dealkylation sites (tertiary alicyclic amines) is 1. The lowest BCUT2D eigenvalue weighted by atomic mass is 9.77. The molecule has 0 atom stereocenters. The molecule has 2 heterocycles. The molecule has 0 unspecified atom stereocenters. The number of hydrogen-bond donors (Lipinski definition) is 2. The molecule has 1 amide bonds. The molecule has 5 heteroatoms. The Bertz CT molecular complexity index is 508. The van der Waals surface area contributed by atoms with Gasteiger partial charge in [0, 0.05) is 12.1 Å². The van der Waals surface area contributed by atoms with Gasteiger partial charge in [-0.3, -0.25) is 15.1 Å². The molecule has 116 valence electrons. The lowest BCUT2D eigenvalue weighted by Crippen LogP contribution is -2.38. The van der Waals surface area contributed by atoms with Crippen molar-refractivity contribution in [3.8, 4) is 0 Å². The van der Waals surface area contributed by atoms with E-state index in [0.717, 1.165) is 31.0 Å². The maximum absolute atomic E-state index is 11.5. The molecular formula is C16H25N3O2. The topological polar surface area (TPSA) is 71.5 Å². The molecule has 5 nitrogen and oxygen atoms in total. The van der Waals surface area contributed by atoms with Crippen LogP contribution in [0.1, 0.15) is 60.4 Å². The number of nitrogens with two attached hydrogens (primary N) is 1. The number of hydrazine groups is 1. The minimum absolute atomic E-state index is 0.300. The van der Waals surface area contributed by atoms with Crippen LogP contribution in [0.25, 0.3) is 0 Å². The summed E-state index contributed by atoms with van der Waals surface area (Å²) in [4.78, 5) is 14.0. The Balaban J connectivity index is 1.60. The molecule has 1 spiro atoms. The highest BCUT2D eigenvalue weighted by molar-refractivity contribution is 5.91. The first-order valence-corrected chi connectivity index (χ1v) is 7.94. The quantitative estimate of drug-likeness (QED) is 0.509. The van der Waals surface area contributed by atoms with Gasteiger partial charge in [0.15, 0.2) is 5.76 Å². The third kappa shape index (κ3) is 2.99. The number of rotatable bonds is 3. The standard InChI is InChI=1S/C16H25N3O2/c1-12-13(10-14(21-12)15(20)18-17)11-19-8-6-16(7-9-19)4-2-3-5-16/h10H,2-9,11,17H2,1H3,(H,18,20). The van der Waals surface area contributed by atoms with Crippen LogP contribution in [-0.2, 0) is 6.54 Å². The SMILES string of the molecule is Cc1oc(C(=O)NN)cc1CN1CCC2(CCCC2)CC1. The van der Waals surface area contributed by atoms with E-state index in [4.69, 9.17) is 10.3 Å². The summed E-state index contributed by atoms with van der Waals surface area (Å²) in [6, 6.07) is 1.82. The molecule has 0 bridgehead atoms. The summed E-state index contributed by atoms with van der Waals surface area (Å²) < 4.78 is 5.48. The maximum atomic E-state index is 11.5. The maximum Gasteiger partial charge on any atom is 0.300 e. The van der Waals surface area contributed by atoms with E-state index in [0.29, 0.717) is 11.2 Å². The summed E-state index contributed by atoms with van der Waals surface area (Å²) in [6.45, 7) is 5.08. The summed E-state index contributed by atoms with van der Waals surface area (Å²) in [5.74, 6) is 5.89. The van der Waals surface area contributed by atoms with Crippen molar-refractivity contribution in [3.05, 3.63) is 23.2 Å². The van der Waals surface area contributed by atoms with Crippen molar-refractivity contribution in [2.75, 3.05) is 13.1 Å². The number of carbonyl (C=O) groups excluding carboxylic acids is 1. The highest BCUT2D eigenvalue weighted by Crippen LogP contribution is 2.46. The van der Waals surface area contributed by atoms with Crippen LogP contribution in [0, 0.1) is 12.3 Å². The van der Waals surface area contributed by atoms with Crippen molar-refractivity contribution in [1.29, 1.82) is 0 Å². The van der Waals surface area contributed by atoms with E-state index < -0.39 is 0 Å². The molecule has 1 aromatic rings. The fourth-order valence-electron chi connectivity index (χ4n) is 3.91. The van der Waals surface area contributed by atoms with Gasteiger partial charge in [-0.25, -0.2) is 5.84 Å². The van der Waals surface area contributed by atoms with Gasteiger partial charge >= 0.3 is 5.91 Å². The lowest BCUT2D eigenvalue weighted by molar-refractivity contribution is 0.0924. The van der Waals surface area contributed by atoms with Gasteiger partial charge in [0.05, 0.1) is 0 Å². The largest absolute Gasteiger partial charge is 0.456 e. The van der Waals surface area contributed by atoms with Gasteiger partial charge in [-0.1, -0.05) is 12.8 Å². The molecule has 3 rings (SSSR count). The third-order valence-electron chi connectivity index (χ3n) is 5.35. The zero-order valence-electron chi connectivity index (χ0n) is 12.8. The number of nitrogens with one attached hydrogen (secondary N) is 1. The summed E-state index contributed by atoms with van der Waals surface area (Å²) in [6.07, 6.45) is 8.32. The van der Waals surface area contributed by atoms with Crippen LogP contribution in [0.5, 0.6) is 0 Å². The van der Waals surface area contributed by atoms with Crippen molar-refractivity contribution in [2.45, 2.75) is 52.0 Å². The first-order chi connectivity index (χ1) is 10.1. The molecule has 1 saturated heterocycles. The summed E-state index contributed by atoms with van der Waals surface area (Å²) in [5.41, 5.74) is 3.85. The van der Waals surface area contributed by atoms with Crippen molar-refractivity contribution in [1.82, 2.24) is 10.3 Å². The van der Waals surface area contributed by atoms with Gasteiger partial charge in [-0.15, -0.1) is 0 Å². The molecule has 0 aromatic carbocycles. The Morgan fingerprint density at radius 2 is 2.00 bits per heavy atom. The second kappa shape index (κ2) is 5.81. The number of nitrogens with zero attached hydrogens (tertiary/aromatic N) is 1. The van der Waals surface area contributed by atoms with Gasteiger partial charge in [0.1, 0.15) is 5.76 Å². The van der Waals surface area contributed by atoms with Crippen LogP contribution in [0.4, 0.5) is 0 Å². The van der Waals surface area contributed by atoms with Crippen molar-refractivity contribution >= 4 is 5.91 Å². The minimum Gasteiger partial charge on any atom is -0.456 e. The minimum atomic E-state index is -0.368. The lowest BCUT2D eigenvalue weighted by Gasteiger charge is -2.39. The Labute approximate surface area is 125 Å². The highest BCUT2D eigenvalue weighted by Gasteiger charge is 2.36. The van der Waals surface area contributed by atoms with Gasteiger partial charge in [-0.05, 0) is 57.2 Å². The second-order valence-corrected chi connectivity index (χ2v) is 6.65. The normalized spacial score (nSPS) is 21.8. The van der Waals surface area contributed by atoms with Crippen LogP contribution in [0.15, 0.2) is 10.5 Å². The van der Waals surface area contributed by atoms with E-state index >= 15 is 0 Å². The van der Waals surface area contributed by atoms with Crippen LogP contribution >= 0.6 is 0 Å². The van der Waals surface area contributed by atoms with Crippen LogP contribution < -0.4 is 11.3 Å². The van der Waals surface area contributed by atoms with E-state index in [9.17, 15) is 4.79 Å². The Hall–Kier alpha value is -1.33. The predicted molar refractivity (Wildman–Crippen MR) is 80.5 cm³/mol. The highest BCUT2D eigenvalue weighted by atomic mass is 16.4. The number of nitrogen functional groups attached to an aromatic ring is 1. The molecule has 2 fully saturated rings. The first-order valence-electron chi connectivity index (χ1n) is 7.94. The second-order valence-electron chi connectivity index (χ2n) is 6.65. The monoisotopic (exact) mass is 291 g/mol. The molecular weight excluding hydrogens is 266 g/mol. The Kier molecular flexibility index (Phi) is 4.04. The molecule has 3 N–H and O–H groups in total. The number of furan rings is 1. The van der Waals surface area contributed by atoms with E-state index in [1.807, 2.05) is 13.0 Å². The molecule has 1 aliphatic heterocycles. The average Bonchev–Trinajstić information content (AvgIpc) is 3.09. The average molecular weight is 291 g/mol. The number of piperidine rings is 1. The van der Waals surface area contributed by atoms with Crippen LogP contribution in [-0.4, -0.2) is 23.9 Å². The molecule has 2 aliphatic rings. The zero-order valence-corrected chi connectivity index (χ0v) is 12.8. The fraction of sp³-hybridized carbons (Fsp3) is 0.688. The number of amides is 1. The van der Waals surface area contributed by atoms with Crippen LogP contribution in [0.2, 0.25) is 0 Å². The van der Waals surface area contributed by atoms with Crippen molar-refractivity contribution in [2.24, 2.45) is 11.3 Å². The predicted octanol–water partition coefficient (Wildman–Crippen LogP) is 2.35. The number of hydrogen-bond acceptors (Lipinski definition) is 4. The van der Waals surface area contributed by atoms with Crippen LogP contribution in [0.3, 0.4) is 0 Å². The first kappa shape index (κ1) is 14.6. The van der Waals surface area contributed by atoms with E-state index in [-0.39, 0.29) is 5.91 Å². The van der Waals surface area contributed by atoms with Gasteiger partial charge in [0.2, 0.25) is 0 Å². The van der Waals surface area contributed by atoms with Gasteiger partial charge in [0.25, 0.3) is 0 Å². The molecule has 1 aromatic heterocycles. The smallest absolute Gasteiger partial charge is 0.300 e. The van der Waals surface area contributed by atoms with Gasteiger partial charge in [-0.2, -0.15) is 0 Å². The molecule has 1 saturated carbocycles. The van der Waals surface area contributed by atoms with Crippen molar-refractivity contribution < 1.29 is 9.21 Å². The molecule has 1 aliphatic carbocycles. The Morgan fingerprint density at radius 3 is 2.62 bits per heavy atom. The fourth-order valence-corrected chi connectivity index (χ4v) is 3.91. The molecule has 21 heavy (non-hydrogen) atoms. The van der Waals surface area contributed by atoms with E-state index in [1.54, 1.807) is 0 Å². The van der Waals surface area contributed by atoms with Crippen molar-refractivity contribution in [3.63, 3.8) is 0 Å². The Morgan fingerprint density at radius 1 is 1.33 bits per heavy atom. The number of aryl methyl sites for hydroxylation is 1. The third-order valence-corrected chi connectivity index (χ3v) is 5.35. The summed E-state index contributed by atoms with van der Waals surface area (Å²) in [7, 11) is 0. The number of carbonyl (C=O) groups is 1. The zero-order chi connectivity index (χ0) is 14.9. The van der Waals surface area contributed by atoms with Gasteiger partial charge < -0.3 is 4.42 Å². The molecule has 0 radical (unpaired) electrons. The summed E-state index contributed by atoms with van der Waals surface area (Å²) >= 11 is 0. The van der Waals surface area contributed by atoms with E-state index in [2.05, 4.69) is 10.3 Å². The van der Waals surface area contributed by atoms with E-state index in [1.165, 1.54) is 38.5 Å². The summed E-state index contributed by atoms with van der Waals surface area (Å²) in [5, 5.41) is 0.